The Bertz CT molecular complexity index is 698. The first-order chi connectivity index (χ1) is 13.9. The summed E-state index contributed by atoms with van der Waals surface area (Å²) in [5.74, 6) is 1.04. The summed E-state index contributed by atoms with van der Waals surface area (Å²) in [5, 5.41) is 3.42. The monoisotopic (exact) mass is 424 g/mol. The molecule has 7 heteroatoms. The summed E-state index contributed by atoms with van der Waals surface area (Å²) < 4.78 is 11.0. The van der Waals surface area contributed by atoms with Gasteiger partial charge in [0.05, 0.1) is 18.7 Å². The number of ether oxygens (including phenoxy) is 2. The topological polar surface area (TPSA) is 67.9 Å². The van der Waals surface area contributed by atoms with Crippen LogP contribution in [-0.2, 0) is 4.79 Å². The van der Waals surface area contributed by atoms with Crippen molar-refractivity contribution in [2.75, 3.05) is 26.8 Å². The number of piperidine rings is 1. The third kappa shape index (κ3) is 6.01. The van der Waals surface area contributed by atoms with Gasteiger partial charge in [-0.05, 0) is 44.2 Å². The average Bonchev–Trinajstić information content (AvgIpc) is 2.73. The highest BCUT2D eigenvalue weighted by molar-refractivity contribution is 6.32. The predicted molar refractivity (Wildman–Crippen MR) is 115 cm³/mol. The molecule has 0 atom stereocenters. The molecule has 0 aliphatic carbocycles. The summed E-state index contributed by atoms with van der Waals surface area (Å²) in [6, 6.07) is 3.29. The first kappa shape index (κ1) is 23.3. The van der Waals surface area contributed by atoms with Crippen LogP contribution in [0, 0.1) is 5.92 Å². The smallest absolute Gasteiger partial charge is 0.251 e. The molecule has 6 nitrogen and oxygen atoms in total. The van der Waals surface area contributed by atoms with Gasteiger partial charge in [-0.15, -0.1) is 0 Å². The number of hydrogen-bond donors (Lipinski definition) is 1. The molecule has 1 heterocycles. The van der Waals surface area contributed by atoms with Crippen LogP contribution in [-0.4, -0.2) is 49.6 Å². The van der Waals surface area contributed by atoms with Crippen molar-refractivity contribution in [3.05, 3.63) is 22.7 Å². The Morgan fingerprint density at radius 1 is 1.21 bits per heavy atom. The van der Waals surface area contributed by atoms with Gasteiger partial charge in [0, 0.05) is 30.6 Å². The minimum Gasteiger partial charge on any atom is -0.493 e. The van der Waals surface area contributed by atoms with Gasteiger partial charge in [-0.1, -0.05) is 32.4 Å². The van der Waals surface area contributed by atoms with Crippen molar-refractivity contribution in [2.24, 2.45) is 5.92 Å². The van der Waals surface area contributed by atoms with E-state index in [1.165, 1.54) is 7.11 Å². The highest BCUT2D eigenvalue weighted by atomic mass is 35.5. The van der Waals surface area contributed by atoms with Crippen LogP contribution in [0.2, 0.25) is 5.02 Å². The van der Waals surface area contributed by atoms with Gasteiger partial charge in [0.1, 0.15) is 0 Å². The molecular formula is C22H33ClN2O4. The summed E-state index contributed by atoms with van der Waals surface area (Å²) in [6.45, 7) is 7.98. The van der Waals surface area contributed by atoms with Crippen molar-refractivity contribution in [3.63, 3.8) is 0 Å². The van der Waals surface area contributed by atoms with E-state index in [1.54, 1.807) is 12.1 Å². The minimum atomic E-state index is -0.197. The Morgan fingerprint density at radius 2 is 1.86 bits per heavy atom. The molecule has 162 valence electrons. The van der Waals surface area contributed by atoms with Crippen LogP contribution >= 0.6 is 11.6 Å². The first-order valence-corrected chi connectivity index (χ1v) is 10.9. The number of likely N-dealkylation sites (tertiary alicyclic amines) is 1. The maximum Gasteiger partial charge on any atom is 0.251 e. The Hall–Kier alpha value is -1.95. The van der Waals surface area contributed by atoms with Crippen molar-refractivity contribution in [2.45, 2.75) is 58.9 Å². The third-order valence-corrected chi connectivity index (χ3v) is 5.70. The number of methoxy groups -OCH3 is 1. The molecular weight excluding hydrogens is 392 g/mol. The van der Waals surface area contributed by atoms with Crippen molar-refractivity contribution in [1.29, 1.82) is 0 Å². The highest BCUT2D eigenvalue weighted by Gasteiger charge is 2.27. The average molecular weight is 425 g/mol. The molecule has 29 heavy (non-hydrogen) atoms. The summed E-state index contributed by atoms with van der Waals surface area (Å²) in [6.07, 6.45) is 4.08. The second-order valence-electron chi connectivity index (χ2n) is 7.42. The van der Waals surface area contributed by atoms with Crippen LogP contribution in [0.15, 0.2) is 12.1 Å². The summed E-state index contributed by atoms with van der Waals surface area (Å²) in [5.41, 5.74) is 0.436. The van der Waals surface area contributed by atoms with Crippen LogP contribution in [0.3, 0.4) is 0 Å². The predicted octanol–water partition coefficient (Wildman–Crippen LogP) is 4.29. The summed E-state index contributed by atoms with van der Waals surface area (Å²) >= 11 is 6.32. The lowest BCUT2D eigenvalue weighted by molar-refractivity contribution is -0.136. The van der Waals surface area contributed by atoms with Crippen LogP contribution < -0.4 is 14.8 Å². The zero-order valence-electron chi connectivity index (χ0n) is 17.9. The molecule has 1 saturated heterocycles. The van der Waals surface area contributed by atoms with E-state index in [1.807, 2.05) is 11.8 Å². The van der Waals surface area contributed by atoms with E-state index < -0.39 is 0 Å². The van der Waals surface area contributed by atoms with Gasteiger partial charge in [0.25, 0.3) is 5.91 Å². The van der Waals surface area contributed by atoms with Crippen molar-refractivity contribution >= 4 is 23.4 Å². The van der Waals surface area contributed by atoms with Crippen LogP contribution in [0.25, 0.3) is 0 Å². The highest BCUT2D eigenvalue weighted by Crippen LogP contribution is 2.36. The Kier molecular flexibility index (Phi) is 9.08. The number of carbonyl (C=O) groups is 2. The number of rotatable bonds is 9. The van der Waals surface area contributed by atoms with E-state index in [0.29, 0.717) is 41.8 Å². The lowest BCUT2D eigenvalue weighted by Gasteiger charge is -2.34. The number of halogens is 1. The number of hydrogen-bond acceptors (Lipinski definition) is 4. The second kappa shape index (κ2) is 11.3. The number of carbonyl (C=O) groups excluding carboxylic acids is 2. The van der Waals surface area contributed by atoms with Crippen molar-refractivity contribution in [1.82, 2.24) is 10.2 Å². The van der Waals surface area contributed by atoms with E-state index in [2.05, 4.69) is 19.2 Å². The van der Waals surface area contributed by atoms with Gasteiger partial charge in [-0.3, -0.25) is 9.59 Å². The van der Waals surface area contributed by atoms with Gasteiger partial charge >= 0.3 is 0 Å². The number of nitrogens with zero attached hydrogens (tertiary/aromatic N) is 1. The van der Waals surface area contributed by atoms with E-state index in [0.717, 1.165) is 32.1 Å². The molecule has 0 spiro atoms. The van der Waals surface area contributed by atoms with Gasteiger partial charge in [0.15, 0.2) is 11.5 Å². The summed E-state index contributed by atoms with van der Waals surface area (Å²) in [7, 11) is 1.53. The molecule has 2 amide bonds. The fourth-order valence-corrected chi connectivity index (χ4v) is 3.87. The molecule has 0 bridgehead atoms. The van der Waals surface area contributed by atoms with E-state index in [9.17, 15) is 9.59 Å². The largest absolute Gasteiger partial charge is 0.493 e. The maximum absolute atomic E-state index is 12.7. The fourth-order valence-electron chi connectivity index (χ4n) is 3.60. The second-order valence-corrected chi connectivity index (χ2v) is 7.83. The normalized spacial score (nSPS) is 14.8. The zero-order valence-corrected chi connectivity index (χ0v) is 18.7. The third-order valence-electron chi connectivity index (χ3n) is 5.42. The number of amides is 2. The Morgan fingerprint density at radius 3 is 2.41 bits per heavy atom. The van der Waals surface area contributed by atoms with Gasteiger partial charge in [0.2, 0.25) is 5.91 Å². The van der Waals surface area contributed by atoms with Gasteiger partial charge in [-0.2, -0.15) is 0 Å². The SMILES string of the molecule is CCCOc1c(Cl)cc(C(=O)NC2CCN(C(=O)C(CC)CC)CC2)cc1OC. The van der Waals surface area contributed by atoms with Crippen molar-refractivity contribution < 1.29 is 19.1 Å². The molecule has 1 aromatic carbocycles. The maximum atomic E-state index is 12.7. The van der Waals surface area contributed by atoms with E-state index in [4.69, 9.17) is 21.1 Å². The molecule has 0 radical (unpaired) electrons. The molecule has 1 N–H and O–H groups in total. The molecule has 0 saturated carbocycles. The molecule has 2 rings (SSSR count). The molecule has 1 aliphatic rings. The van der Waals surface area contributed by atoms with E-state index >= 15 is 0 Å². The summed E-state index contributed by atoms with van der Waals surface area (Å²) in [4.78, 5) is 27.2. The molecule has 1 aliphatic heterocycles. The van der Waals surface area contributed by atoms with Crippen LogP contribution in [0.1, 0.15) is 63.2 Å². The Balaban J connectivity index is 1.97. The zero-order chi connectivity index (χ0) is 21.4. The quantitative estimate of drug-likeness (QED) is 0.641. The molecule has 0 unspecified atom stereocenters. The first-order valence-electron chi connectivity index (χ1n) is 10.5. The van der Waals surface area contributed by atoms with Crippen LogP contribution in [0.5, 0.6) is 11.5 Å². The lowest BCUT2D eigenvalue weighted by atomic mass is 9.98. The minimum absolute atomic E-state index is 0.0361. The fraction of sp³-hybridized carbons (Fsp3) is 0.636. The number of benzene rings is 1. The molecule has 1 aromatic rings. The number of nitrogens with one attached hydrogen (secondary N) is 1. The lowest BCUT2D eigenvalue weighted by Crippen LogP contribution is -2.48. The van der Waals surface area contributed by atoms with Gasteiger partial charge < -0.3 is 19.7 Å². The van der Waals surface area contributed by atoms with Crippen LogP contribution in [0.4, 0.5) is 0 Å². The molecule has 0 aromatic heterocycles. The standard InChI is InChI=1S/C22H33ClN2O4/c1-5-12-29-20-18(23)13-16(14-19(20)28-4)21(26)24-17-8-10-25(11-9-17)22(27)15(6-2)7-3/h13-15,17H,5-12H2,1-4H3,(H,24,26). The molecule has 1 fully saturated rings. The van der Waals surface area contributed by atoms with Gasteiger partial charge in [-0.25, -0.2) is 0 Å². The Labute approximate surface area is 178 Å². The van der Waals surface area contributed by atoms with Crippen molar-refractivity contribution in [3.8, 4) is 11.5 Å². The van der Waals surface area contributed by atoms with E-state index in [-0.39, 0.29) is 23.8 Å².